The van der Waals surface area contributed by atoms with Crippen LogP contribution in [0.2, 0.25) is 0 Å². The third-order valence-electron chi connectivity index (χ3n) is 3.04. The van der Waals surface area contributed by atoms with Gasteiger partial charge in [0.1, 0.15) is 5.56 Å². The SMILES string of the molecule is Cc1ccc2nc(NC(=O)c3nn(C)cc3C(=O)O)sc2c1. The number of thiazole rings is 1. The molecule has 8 heteroatoms. The Labute approximate surface area is 129 Å². The molecule has 0 saturated carbocycles. The number of aromatic carboxylic acids is 1. The normalized spacial score (nSPS) is 10.8. The summed E-state index contributed by atoms with van der Waals surface area (Å²) in [6.07, 6.45) is 1.29. The zero-order valence-corrected chi connectivity index (χ0v) is 12.6. The van der Waals surface area contributed by atoms with Crippen LogP contribution in [0.1, 0.15) is 26.4 Å². The fourth-order valence-corrected chi connectivity index (χ4v) is 3.01. The number of rotatable bonds is 3. The number of aromatic nitrogens is 3. The highest BCUT2D eigenvalue weighted by Gasteiger charge is 2.22. The zero-order chi connectivity index (χ0) is 15.9. The number of carboxylic acid groups (broad SMARTS) is 1. The van der Waals surface area contributed by atoms with Crippen molar-refractivity contribution in [1.29, 1.82) is 0 Å². The molecule has 0 aliphatic carbocycles. The average Bonchev–Trinajstić information content (AvgIpc) is 3.01. The number of anilines is 1. The van der Waals surface area contributed by atoms with Gasteiger partial charge in [-0.2, -0.15) is 5.10 Å². The third-order valence-corrected chi connectivity index (χ3v) is 3.97. The minimum absolute atomic E-state index is 0.134. The predicted molar refractivity (Wildman–Crippen MR) is 82.5 cm³/mol. The molecule has 2 aromatic heterocycles. The van der Waals surface area contributed by atoms with Crippen LogP contribution in [0.4, 0.5) is 5.13 Å². The van der Waals surface area contributed by atoms with E-state index in [9.17, 15) is 9.59 Å². The molecule has 0 spiro atoms. The molecule has 3 aromatic rings. The molecule has 1 amide bonds. The first-order valence-corrected chi connectivity index (χ1v) is 7.21. The first-order chi connectivity index (χ1) is 10.4. The van der Waals surface area contributed by atoms with Gasteiger partial charge < -0.3 is 5.11 Å². The van der Waals surface area contributed by atoms with Gasteiger partial charge in [0.25, 0.3) is 5.91 Å². The topological polar surface area (TPSA) is 97.1 Å². The molecule has 3 rings (SSSR count). The second kappa shape index (κ2) is 5.23. The van der Waals surface area contributed by atoms with Crippen LogP contribution in [0, 0.1) is 6.92 Å². The molecule has 0 fully saturated rings. The van der Waals surface area contributed by atoms with Gasteiger partial charge in [0, 0.05) is 13.2 Å². The van der Waals surface area contributed by atoms with Crippen LogP contribution in [0.3, 0.4) is 0 Å². The number of carbonyl (C=O) groups excluding carboxylic acids is 1. The van der Waals surface area contributed by atoms with Crippen molar-refractivity contribution in [2.24, 2.45) is 7.05 Å². The number of aryl methyl sites for hydroxylation is 2. The maximum Gasteiger partial charge on any atom is 0.339 e. The molecule has 7 nitrogen and oxygen atoms in total. The van der Waals surface area contributed by atoms with Crippen molar-refractivity contribution < 1.29 is 14.7 Å². The fourth-order valence-electron chi connectivity index (χ4n) is 2.05. The highest BCUT2D eigenvalue weighted by Crippen LogP contribution is 2.27. The lowest BCUT2D eigenvalue weighted by Gasteiger charge is -1.98. The summed E-state index contributed by atoms with van der Waals surface area (Å²) in [4.78, 5) is 27.6. The van der Waals surface area contributed by atoms with Gasteiger partial charge in [-0.3, -0.25) is 14.8 Å². The highest BCUT2D eigenvalue weighted by atomic mass is 32.1. The summed E-state index contributed by atoms with van der Waals surface area (Å²) < 4.78 is 2.25. The van der Waals surface area contributed by atoms with Gasteiger partial charge in [-0.25, -0.2) is 9.78 Å². The van der Waals surface area contributed by atoms with Gasteiger partial charge in [0.05, 0.1) is 10.2 Å². The van der Waals surface area contributed by atoms with Crippen LogP contribution >= 0.6 is 11.3 Å². The maximum atomic E-state index is 12.2. The van der Waals surface area contributed by atoms with E-state index < -0.39 is 11.9 Å². The van der Waals surface area contributed by atoms with Crippen LogP contribution in [-0.4, -0.2) is 31.7 Å². The largest absolute Gasteiger partial charge is 0.478 e. The quantitative estimate of drug-likeness (QED) is 0.772. The van der Waals surface area contributed by atoms with Crippen LogP contribution in [0.25, 0.3) is 10.2 Å². The first kappa shape index (κ1) is 14.2. The van der Waals surface area contributed by atoms with Gasteiger partial charge in [-0.05, 0) is 24.6 Å². The lowest BCUT2D eigenvalue weighted by atomic mass is 10.2. The smallest absolute Gasteiger partial charge is 0.339 e. The number of fused-ring (bicyclic) bond motifs is 1. The van der Waals surface area contributed by atoms with E-state index in [0.717, 1.165) is 15.8 Å². The van der Waals surface area contributed by atoms with E-state index >= 15 is 0 Å². The van der Waals surface area contributed by atoms with Gasteiger partial charge in [-0.15, -0.1) is 0 Å². The Morgan fingerprint density at radius 1 is 1.36 bits per heavy atom. The number of hydrogen-bond acceptors (Lipinski definition) is 5. The summed E-state index contributed by atoms with van der Waals surface area (Å²) in [6.45, 7) is 1.98. The minimum atomic E-state index is -1.20. The van der Waals surface area contributed by atoms with E-state index in [1.807, 2.05) is 25.1 Å². The number of hydrogen-bond donors (Lipinski definition) is 2. The summed E-state index contributed by atoms with van der Waals surface area (Å²) in [7, 11) is 1.56. The molecule has 2 heterocycles. The van der Waals surface area contributed by atoms with Gasteiger partial charge >= 0.3 is 5.97 Å². The van der Waals surface area contributed by atoms with E-state index in [0.29, 0.717) is 5.13 Å². The van der Waals surface area contributed by atoms with Crippen LogP contribution < -0.4 is 5.32 Å². The molecular formula is C14H12N4O3S. The molecule has 0 unspecified atom stereocenters. The van der Waals surface area contributed by atoms with Crippen molar-refractivity contribution >= 4 is 38.6 Å². The Morgan fingerprint density at radius 3 is 2.86 bits per heavy atom. The molecule has 22 heavy (non-hydrogen) atoms. The average molecular weight is 316 g/mol. The second-order valence-corrected chi connectivity index (χ2v) is 5.85. The molecule has 0 bridgehead atoms. The summed E-state index contributed by atoms with van der Waals surface area (Å²) in [5.41, 5.74) is 1.61. The summed E-state index contributed by atoms with van der Waals surface area (Å²) in [6, 6.07) is 5.79. The van der Waals surface area contributed by atoms with E-state index in [4.69, 9.17) is 5.11 Å². The monoisotopic (exact) mass is 316 g/mol. The second-order valence-electron chi connectivity index (χ2n) is 4.81. The van der Waals surface area contributed by atoms with E-state index in [-0.39, 0.29) is 11.3 Å². The Morgan fingerprint density at radius 2 is 2.14 bits per heavy atom. The van der Waals surface area contributed by atoms with Crippen molar-refractivity contribution in [1.82, 2.24) is 14.8 Å². The van der Waals surface area contributed by atoms with E-state index in [1.165, 1.54) is 22.2 Å². The van der Waals surface area contributed by atoms with Crippen molar-refractivity contribution in [3.05, 3.63) is 41.2 Å². The highest BCUT2D eigenvalue weighted by molar-refractivity contribution is 7.22. The zero-order valence-electron chi connectivity index (χ0n) is 11.8. The molecule has 112 valence electrons. The summed E-state index contributed by atoms with van der Waals surface area (Å²) in [5.74, 6) is -1.79. The Balaban J connectivity index is 1.91. The number of carbonyl (C=O) groups is 2. The maximum absolute atomic E-state index is 12.2. The van der Waals surface area contributed by atoms with E-state index in [1.54, 1.807) is 7.05 Å². The molecule has 2 N–H and O–H groups in total. The third kappa shape index (κ3) is 2.56. The molecule has 0 aliphatic heterocycles. The van der Waals surface area contributed by atoms with Gasteiger partial charge in [-0.1, -0.05) is 17.4 Å². The Hall–Kier alpha value is -2.74. The van der Waals surface area contributed by atoms with E-state index in [2.05, 4.69) is 15.4 Å². The summed E-state index contributed by atoms with van der Waals surface area (Å²) >= 11 is 1.33. The van der Waals surface area contributed by atoms with Crippen LogP contribution in [0.15, 0.2) is 24.4 Å². The van der Waals surface area contributed by atoms with Crippen molar-refractivity contribution in [2.75, 3.05) is 5.32 Å². The molecule has 0 atom stereocenters. The van der Waals surface area contributed by atoms with Crippen molar-refractivity contribution in [3.63, 3.8) is 0 Å². The van der Waals surface area contributed by atoms with Gasteiger partial charge in [0.2, 0.25) is 0 Å². The van der Waals surface area contributed by atoms with Crippen LogP contribution in [-0.2, 0) is 7.05 Å². The number of benzene rings is 1. The first-order valence-electron chi connectivity index (χ1n) is 6.39. The molecule has 0 saturated heterocycles. The lowest BCUT2D eigenvalue weighted by molar-refractivity contribution is 0.0692. The number of carboxylic acids is 1. The lowest BCUT2D eigenvalue weighted by Crippen LogP contribution is -2.16. The summed E-state index contributed by atoms with van der Waals surface area (Å²) in [5, 5.41) is 16.0. The van der Waals surface area contributed by atoms with Crippen molar-refractivity contribution in [3.8, 4) is 0 Å². The van der Waals surface area contributed by atoms with Crippen molar-refractivity contribution in [2.45, 2.75) is 6.92 Å². The number of nitrogens with one attached hydrogen (secondary N) is 1. The molecular weight excluding hydrogens is 304 g/mol. The predicted octanol–water partition coefficient (Wildman–Crippen LogP) is 2.29. The number of amides is 1. The standard InChI is InChI=1S/C14H12N4O3S/c1-7-3-4-9-10(5-7)22-14(15-9)16-12(19)11-8(13(20)21)6-18(2)17-11/h3-6H,1-2H3,(H,20,21)(H,15,16,19). The molecule has 0 aliphatic rings. The fraction of sp³-hybridized carbons (Fsp3) is 0.143. The Kier molecular flexibility index (Phi) is 3.38. The molecule has 1 aromatic carbocycles. The van der Waals surface area contributed by atoms with Crippen LogP contribution in [0.5, 0.6) is 0 Å². The minimum Gasteiger partial charge on any atom is -0.478 e. The Bertz CT molecular complexity index is 897. The number of nitrogens with zero attached hydrogens (tertiary/aromatic N) is 3. The van der Waals surface area contributed by atoms with Gasteiger partial charge in [0.15, 0.2) is 10.8 Å². The molecule has 0 radical (unpaired) electrons.